The fourth-order valence-electron chi connectivity index (χ4n) is 3.29. The van der Waals surface area contributed by atoms with Crippen molar-refractivity contribution in [2.75, 3.05) is 12.4 Å². The summed E-state index contributed by atoms with van der Waals surface area (Å²) in [4.78, 5) is 12.9. The van der Waals surface area contributed by atoms with Gasteiger partial charge in [-0.25, -0.2) is 4.68 Å². The summed E-state index contributed by atoms with van der Waals surface area (Å²) >= 11 is 1.34. The first-order valence-electron chi connectivity index (χ1n) is 10.6. The molecule has 1 N–H and O–H groups in total. The zero-order valence-corrected chi connectivity index (χ0v) is 19.7. The van der Waals surface area contributed by atoms with Gasteiger partial charge < -0.3 is 14.5 Å². The number of ether oxygens (including phenoxy) is 1. The van der Waals surface area contributed by atoms with E-state index < -0.39 is 5.25 Å². The van der Waals surface area contributed by atoms with Crippen LogP contribution in [0.5, 0.6) is 5.75 Å². The van der Waals surface area contributed by atoms with Gasteiger partial charge in [0.25, 0.3) is 0 Å². The summed E-state index contributed by atoms with van der Waals surface area (Å²) in [5, 5.41) is 16.2. The minimum absolute atomic E-state index is 0.138. The number of benzene rings is 1. The maximum absolute atomic E-state index is 12.9. The molecule has 33 heavy (non-hydrogen) atoms. The van der Waals surface area contributed by atoms with Crippen molar-refractivity contribution in [3.05, 3.63) is 60.7 Å². The van der Waals surface area contributed by atoms with Crippen LogP contribution in [0.2, 0.25) is 0 Å². The molecule has 10 heteroatoms. The predicted molar refractivity (Wildman–Crippen MR) is 126 cm³/mol. The highest BCUT2D eigenvalue weighted by molar-refractivity contribution is 8.00. The summed E-state index contributed by atoms with van der Waals surface area (Å²) in [6.07, 6.45) is 3.31. The van der Waals surface area contributed by atoms with Gasteiger partial charge in [0.2, 0.25) is 5.91 Å². The second-order valence-electron chi connectivity index (χ2n) is 7.70. The normalized spacial score (nSPS) is 12.2. The molecule has 1 amide bonds. The first-order valence-corrected chi connectivity index (χ1v) is 11.4. The average molecular weight is 467 g/mol. The Morgan fingerprint density at radius 1 is 1.15 bits per heavy atom. The quantitative estimate of drug-likeness (QED) is 0.363. The number of nitrogens with zero attached hydrogens (tertiary/aromatic N) is 5. The number of hydrogen-bond donors (Lipinski definition) is 1. The minimum atomic E-state index is -0.413. The van der Waals surface area contributed by atoms with E-state index in [1.54, 1.807) is 30.3 Å². The Kier molecular flexibility index (Phi) is 6.83. The number of amides is 1. The Hall–Kier alpha value is -3.53. The van der Waals surface area contributed by atoms with Gasteiger partial charge in [-0.3, -0.25) is 9.36 Å². The summed E-state index contributed by atoms with van der Waals surface area (Å²) < 4.78 is 14.5. The molecule has 0 saturated heterocycles. The number of hydrogen-bond acceptors (Lipinski definition) is 7. The van der Waals surface area contributed by atoms with Gasteiger partial charge in [0.05, 0.1) is 31.4 Å². The predicted octanol–water partition coefficient (Wildman–Crippen LogP) is 4.49. The van der Waals surface area contributed by atoms with Gasteiger partial charge in [-0.05, 0) is 57.2 Å². The van der Waals surface area contributed by atoms with Gasteiger partial charge in [0.15, 0.2) is 11.0 Å². The van der Waals surface area contributed by atoms with E-state index in [9.17, 15) is 4.79 Å². The highest BCUT2D eigenvalue weighted by Crippen LogP contribution is 2.29. The lowest BCUT2D eigenvalue weighted by atomic mass is 10.2. The van der Waals surface area contributed by atoms with Crippen LogP contribution in [0.25, 0.3) is 11.4 Å². The summed E-state index contributed by atoms with van der Waals surface area (Å²) in [5.41, 5.74) is 0.889. The number of anilines is 1. The molecular weight excluding hydrogens is 440 g/mol. The molecule has 0 aliphatic heterocycles. The van der Waals surface area contributed by atoms with Gasteiger partial charge >= 0.3 is 0 Å². The van der Waals surface area contributed by atoms with Crippen LogP contribution < -0.4 is 10.1 Å². The lowest BCUT2D eigenvalue weighted by molar-refractivity contribution is -0.115. The SMILES string of the molecule is COc1ccc(-c2nnc(SC(C)C(=O)Nc3ccnn3C(C)C)n2Cc2ccco2)cc1. The Morgan fingerprint density at radius 2 is 1.94 bits per heavy atom. The third-order valence-corrected chi connectivity index (χ3v) is 6.10. The number of thioether (sulfide) groups is 1. The topological polar surface area (TPSA) is 100 Å². The largest absolute Gasteiger partial charge is 0.497 e. The highest BCUT2D eigenvalue weighted by Gasteiger charge is 2.22. The molecule has 9 nitrogen and oxygen atoms in total. The molecule has 0 aliphatic rings. The molecular formula is C23H26N6O3S. The molecule has 4 aromatic rings. The molecule has 3 heterocycles. The number of methoxy groups -OCH3 is 1. The number of aromatic nitrogens is 5. The third kappa shape index (κ3) is 5.11. The molecule has 4 rings (SSSR count). The molecule has 0 fully saturated rings. The van der Waals surface area contributed by atoms with Crippen molar-refractivity contribution in [2.24, 2.45) is 0 Å². The van der Waals surface area contributed by atoms with Gasteiger partial charge in [-0.15, -0.1) is 10.2 Å². The maximum Gasteiger partial charge on any atom is 0.238 e. The van der Waals surface area contributed by atoms with E-state index in [1.807, 2.05) is 61.7 Å². The lowest BCUT2D eigenvalue weighted by Gasteiger charge is -2.15. The zero-order valence-electron chi connectivity index (χ0n) is 18.9. The summed E-state index contributed by atoms with van der Waals surface area (Å²) in [6.45, 7) is 6.31. The van der Waals surface area contributed by atoms with Crippen LogP contribution in [0, 0.1) is 0 Å². The first-order chi connectivity index (χ1) is 16.0. The van der Waals surface area contributed by atoms with E-state index in [0.29, 0.717) is 23.3 Å². The molecule has 1 aromatic carbocycles. The van der Waals surface area contributed by atoms with Crippen LogP contribution >= 0.6 is 11.8 Å². The van der Waals surface area contributed by atoms with Gasteiger partial charge in [0, 0.05) is 17.7 Å². The summed E-state index contributed by atoms with van der Waals surface area (Å²) in [6, 6.07) is 13.3. The molecule has 0 radical (unpaired) electrons. The lowest BCUT2D eigenvalue weighted by Crippen LogP contribution is -2.25. The van der Waals surface area contributed by atoms with Gasteiger partial charge in [-0.2, -0.15) is 5.10 Å². The van der Waals surface area contributed by atoms with Gasteiger partial charge in [0.1, 0.15) is 17.3 Å². The first kappa shape index (κ1) is 22.7. The Bertz CT molecular complexity index is 1200. The minimum Gasteiger partial charge on any atom is -0.497 e. The van der Waals surface area contributed by atoms with E-state index >= 15 is 0 Å². The molecule has 1 unspecified atom stereocenters. The van der Waals surface area contributed by atoms with Crippen LogP contribution in [-0.2, 0) is 11.3 Å². The smallest absolute Gasteiger partial charge is 0.238 e. The Balaban J connectivity index is 1.57. The van der Waals surface area contributed by atoms with Crippen molar-refractivity contribution >= 4 is 23.5 Å². The fraction of sp³-hybridized carbons (Fsp3) is 0.304. The standard InChI is InChI=1S/C23H26N6O3S/c1-15(2)29-20(11-12-24-29)25-22(30)16(3)33-23-27-26-21(17-7-9-18(31-4)10-8-17)28(23)14-19-6-5-13-32-19/h5-13,15-16H,14H2,1-4H3,(H,25,30). The van der Waals surface area contributed by atoms with Crippen LogP contribution in [0.1, 0.15) is 32.6 Å². The monoisotopic (exact) mass is 466 g/mol. The maximum atomic E-state index is 12.9. The van der Waals surface area contributed by atoms with Crippen molar-refractivity contribution in [3.63, 3.8) is 0 Å². The molecule has 0 saturated carbocycles. The van der Waals surface area contributed by atoms with Crippen LogP contribution in [0.3, 0.4) is 0 Å². The third-order valence-electron chi connectivity index (χ3n) is 5.02. The van der Waals surface area contributed by atoms with E-state index in [2.05, 4.69) is 20.6 Å². The number of carbonyl (C=O) groups is 1. The molecule has 1 atom stereocenters. The second kappa shape index (κ2) is 9.95. The molecule has 172 valence electrons. The number of nitrogens with one attached hydrogen (secondary N) is 1. The van der Waals surface area contributed by atoms with E-state index in [4.69, 9.17) is 9.15 Å². The number of carbonyl (C=O) groups excluding carboxylic acids is 1. The van der Waals surface area contributed by atoms with Crippen molar-refractivity contribution in [1.82, 2.24) is 24.5 Å². The molecule has 0 spiro atoms. The molecule has 3 aromatic heterocycles. The van der Waals surface area contributed by atoms with Crippen molar-refractivity contribution in [1.29, 1.82) is 0 Å². The zero-order chi connectivity index (χ0) is 23.4. The van der Waals surface area contributed by atoms with Crippen LogP contribution in [0.15, 0.2) is 64.5 Å². The molecule has 0 aliphatic carbocycles. The summed E-state index contributed by atoms with van der Waals surface area (Å²) in [5.74, 6) is 2.74. The van der Waals surface area contributed by atoms with E-state index in [1.165, 1.54) is 11.8 Å². The van der Waals surface area contributed by atoms with Gasteiger partial charge in [-0.1, -0.05) is 11.8 Å². The van der Waals surface area contributed by atoms with Crippen molar-refractivity contribution in [3.8, 4) is 17.1 Å². The van der Waals surface area contributed by atoms with E-state index in [0.717, 1.165) is 17.1 Å². The Morgan fingerprint density at radius 3 is 2.61 bits per heavy atom. The van der Waals surface area contributed by atoms with E-state index in [-0.39, 0.29) is 11.9 Å². The molecule has 0 bridgehead atoms. The average Bonchev–Trinajstić information content (AvgIpc) is 3.56. The van der Waals surface area contributed by atoms with Crippen LogP contribution in [0.4, 0.5) is 5.82 Å². The summed E-state index contributed by atoms with van der Waals surface area (Å²) in [7, 11) is 1.63. The number of rotatable bonds is 9. The fourth-order valence-corrected chi connectivity index (χ4v) is 4.14. The van der Waals surface area contributed by atoms with Crippen molar-refractivity contribution in [2.45, 2.75) is 43.8 Å². The highest BCUT2D eigenvalue weighted by atomic mass is 32.2. The second-order valence-corrected chi connectivity index (χ2v) is 9.01. The van der Waals surface area contributed by atoms with Crippen molar-refractivity contribution < 1.29 is 13.9 Å². The Labute approximate surface area is 196 Å². The van der Waals surface area contributed by atoms with Crippen LogP contribution in [-0.4, -0.2) is 42.8 Å². The number of furan rings is 1.